The van der Waals surface area contributed by atoms with Crippen LogP contribution in [0.1, 0.15) is 90.6 Å². The molecule has 3 aromatic heterocycles. The van der Waals surface area contributed by atoms with Crippen LogP contribution < -0.4 is 0 Å². The van der Waals surface area contributed by atoms with Gasteiger partial charge in [0, 0.05) is 44.3 Å². The number of aliphatic hydroxyl groups excluding tert-OH is 2. The summed E-state index contributed by atoms with van der Waals surface area (Å²) in [6.45, 7) is 0.524. The highest BCUT2D eigenvalue weighted by Gasteiger charge is 2.43. The Morgan fingerprint density at radius 3 is 0.798 bits per heavy atom. The van der Waals surface area contributed by atoms with E-state index in [0.717, 1.165) is 44.5 Å². The van der Waals surface area contributed by atoms with Crippen molar-refractivity contribution < 1.29 is 56.9 Å². The van der Waals surface area contributed by atoms with Gasteiger partial charge in [-0.2, -0.15) is 0 Å². The Labute approximate surface area is 662 Å². The summed E-state index contributed by atoms with van der Waals surface area (Å²) < 4.78 is 88.1. The van der Waals surface area contributed by atoms with Crippen LogP contribution in [0.3, 0.4) is 0 Å². The maximum absolute atomic E-state index is 15.6. The normalized spacial score (nSPS) is 14.1. The number of rotatable bonds is 36. The lowest BCUT2D eigenvalue weighted by atomic mass is 9.95. The third-order valence-corrected chi connectivity index (χ3v) is 20.2. The molecule has 4 N–H and O–H groups in total. The van der Waals surface area contributed by atoms with Crippen molar-refractivity contribution in [3.05, 3.63) is 405 Å². The maximum Gasteiger partial charge on any atom is 0.123 e. The molecule has 8 bridgehead atoms. The van der Waals surface area contributed by atoms with E-state index in [9.17, 15) is 10.2 Å². The average molecular weight is 1520 g/mol. The molecule has 13 aromatic rings. The lowest BCUT2D eigenvalue weighted by Gasteiger charge is -2.36. The van der Waals surface area contributed by atoms with Crippen LogP contribution >= 0.6 is 0 Å². The van der Waals surface area contributed by atoms with Crippen LogP contribution in [0, 0.1) is 11.6 Å². The number of nitrogens with zero attached hydrogens (tertiary/aromatic N) is 2. The van der Waals surface area contributed by atoms with Gasteiger partial charge in [0.05, 0.1) is 88.8 Å². The van der Waals surface area contributed by atoms with Crippen molar-refractivity contribution in [2.24, 2.45) is 0 Å². The number of aromatic nitrogens is 4. The van der Waals surface area contributed by atoms with Gasteiger partial charge in [0.15, 0.2) is 0 Å². The van der Waals surface area contributed by atoms with E-state index in [4.69, 9.17) is 47.9 Å². The van der Waals surface area contributed by atoms with E-state index in [1.807, 2.05) is 291 Å². The van der Waals surface area contributed by atoms with E-state index in [1.54, 1.807) is 24.3 Å². The van der Waals surface area contributed by atoms with Gasteiger partial charge in [-0.15, -0.1) is 0 Å². The van der Waals surface area contributed by atoms with Crippen LogP contribution in [-0.4, -0.2) is 80.0 Å². The fourth-order valence-corrected chi connectivity index (χ4v) is 14.5. The van der Waals surface area contributed by atoms with E-state index in [2.05, 4.69) is 9.97 Å². The molecule has 0 saturated carbocycles. The Bertz CT molecular complexity index is 5100. The van der Waals surface area contributed by atoms with Crippen LogP contribution in [0.15, 0.2) is 315 Å². The number of hydrogen-bond donors (Lipinski definition) is 4. The number of benzene rings is 10. The summed E-state index contributed by atoms with van der Waals surface area (Å²) >= 11 is 0. The molecule has 0 saturated heterocycles. The highest BCUT2D eigenvalue weighted by Crippen LogP contribution is 2.43. The highest BCUT2D eigenvalue weighted by molar-refractivity contribution is 5.94. The monoisotopic (exact) mass is 1520 g/mol. The Hall–Kier alpha value is -11.7. The second-order valence-corrected chi connectivity index (χ2v) is 28.2. The molecule has 16 heteroatoms. The zero-order chi connectivity index (χ0) is 77.6. The Balaban J connectivity index is 0.989. The predicted molar refractivity (Wildman–Crippen MR) is 442 cm³/mol. The molecule has 0 unspecified atom stereocenters. The number of nitrogens with one attached hydrogen (secondary N) is 2. The van der Waals surface area contributed by atoms with Crippen LogP contribution in [0.25, 0.3) is 68.6 Å². The molecule has 0 radical (unpaired) electrons. The molecule has 10 aromatic carbocycles. The largest absolute Gasteiger partial charge is 0.388 e. The van der Waals surface area contributed by atoms with Gasteiger partial charge in [-0.25, -0.2) is 18.7 Å². The summed E-state index contributed by atoms with van der Waals surface area (Å²) in [5.74, 6) is -0.874. The standard InChI is InChI=1S/C98H88F2N4O10/c99-77-45-41-75(42-46-77)89-79-49-53-83(101-79)91(95(111-61-71-33-17-5-18-34-71)97(113-63-73-37-21-7-22-38-73)93(109-59-69-29-13-3-14-30-69)87(105)65-107-57-67-25-9-1-10-26-67)84-54-50-80(102-84)90(76-43-47-78(100)48-44-76)82-52-56-86(104-82)92(85-55-51-81(89)103-85)96(112-62-72-35-19-6-20-36-72)98(114-64-74-39-23-8-24-40-74)94(110-60-70-31-15-4-16-32-70)88(106)66-108-58-68-27-11-2-12-28-68/h1-56,87-88,93-98,101,104-106H,57-66H2/t87-,88-,93-,94-,95+,96+,97+,98+/m1/s1. The summed E-state index contributed by atoms with van der Waals surface area (Å²) in [5.41, 5.74) is 14.5. The van der Waals surface area contributed by atoms with Gasteiger partial charge in [-0.05, 0) is 128 Å². The summed E-state index contributed by atoms with van der Waals surface area (Å²) in [5, 5.41) is 26.1. The molecular weight excluding hydrogens is 1430 g/mol. The number of fused-ring (bicyclic) bond motifs is 8. The quantitative estimate of drug-likeness (QED) is 0.0293. The first-order valence-electron chi connectivity index (χ1n) is 38.4. The van der Waals surface area contributed by atoms with E-state index in [0.29, 0.717) is 78.2 Å². The second kappa shape index (κ2) is 38.7. The number of halogens is 2. The zero-order valence-corrected chi connectivity index (χ0v) is 62.8. The molecule has 5 heterocycles. The lowest BCUT2D eigenvalue weighted by molar-refractivity contribution is -0.189. The van der Waals surface area contributed by atoms with Gasteiger partial charge < -0.3 is 58.1 Å². The molecule has 15 rings (SSSR count). The Morgan fingerprint density at radius 2 is 0.509 bits per heavy atom. The molecule has 574 valence electrons. The molecule has 114 heavy (non-hydrogen) atoms. The minimum Gasteiger partial charge on any atom is -0.388 e. The van der Waals surface area contributed by atoms with Gasteiger partial charge >= 0.3 is 0 Å². The Kier molecular flexibility index (Phi) is 26.3. The van der Waals surface area contributed by atoms with Gasteiger partial charge in [-0.3, -0.25) is 0 Å². The first-order valence-corrected chi connectivity index (χ1v) is 38.4. The molecular formula is C98H88F2N4O10. The molecule has 2 aliphatic heterocycles. The molecule has 8 atom stereocenters. The van der Waals surface area contributed by atoms with Crippen molar-refractivity contribution >= 4 is 46.4 Å². The third-order valence-electron chi connectivity index (χ3n) is 20.2. The summed E-state index contributed by atoms with van der Waals surface area (Å²) in [7, 11) is 0. The summed E-state index contributed by atoms with van der Waals surface area (Å²) in [6, 6.07) is 98.9. The van der Waals surface area contributed by atoms with E-state index in [1.165, 1.54) is 24.3 Å². The molecule has 0 fully saturated rings. The van der Waals surface area contributed by atoms with E-state index >= 15 is 8.78 Å². The van der Waals surface area contributed by atoms with Gasteiger partial charge in [0.1, 0.15) is 60.5 Å². The number of hydrogen-bond acceptors (Lipinski definition) is 12. The first kappa shape index (κ1) is 77.6. The Morgan fingerprint density at radius 1 is 0.263 bits per heavy atom. The van der Waals surface area contributed by atoms with Crippen LogP contribution in [-0.2, 0) is 90.7 Å². The number of ether oxygens (including phenoxy) is 8. The van der Waals surface area contributed by atoms with Gasteiger partial charge in [-0.1, -0.05) is 267 Å². The second-order valence-electron chi connectivity index (χ2n) is 28.2. The molecule has 14 nitrogen and oxygen atoms in total. The molecule has 0 aliphatic carbocycles. The van der Waals surface area contributed by atoms with Crippen LogP contribution in [0.4, 0.5) is 8.78 Å². The minimum absolute atomic E-state index is 0.0622. The van der Waals surface area contributed by atoms with Crippen LogP contribution in [0.5, 0.6) is 0 Å². The van der Waals surface area contributed by atoms with Crippen molar-refractivity contribution in [3.63, 3.8) is 0 Å². The van der Waals surface area contributed by atoms with Crippen molar-refractivity contribution in [1.29, 1.82) is 0 Å². The maximum atomic E-state index is 15.6. The van der Waals surface area contributed by atoms with Crippen LogP contribution in [0.2, 0.25) is 0 Å². The van der Waals surface area contributed by atoms with E-state index < -0.39 is 60.5 Å². The number of aromatic amines is 2. The lowest BCUT2D eigenvalue weighted by Crippen LogP contribution is -2.47. The molecule has 2 aliphatic rings. The first-order chi connectivity index (χ1) is 56.2. The van der Waals surface area contributed by atoms with Crippen molar-refractivity contribution in [2.45, 2.75) is 102 Å². The van der Waals surface area contributed by atoms with Gasteiger partial charge in [0.2, 0.25) is 0 Å². The van der Waals surface area contributed by atoms with Crippen molar-refractivity contribution in [1.82, 2.24) is 19.9 Å². The summed E-state index contributed by atoms with van der Waals surface area (Å²) in [6.07, 6.45) is -1.82. The fourth-order valence-electron chi connectivity index (χ4n) is 14.5. The van der Waals surface area contributed by atoms with Crippen molar-refractivity contribution in [2.75, 3.05) is 13.2 Å². The SMILES string of the molecule is O[C@H](COCc1ccccc1)[C@@H](OCc1ccccc1)[C@H](OCc1ccccc1)[C@@H](OCc1ccccc1)c1c2nc(c(-c3ccc(F)cc3)c3ccc([nH]3)c([C@H](OCc3ccccc3)[C@@H](OCc3ccccc3)[C@H](OCc3ccccc3)[C@H](O)COCc3ccccc3)c3nc(c(-c4ccc(F)cc4)c4ccc1[nH]4)C=C3)C=C2. The van der Waals surface area contributed by atoms with E-state index in [-0.39, 0.29) is 66.1 Å². The molecule has 0 spiro atoms. The average Bonchev–Trinajstić information content (AvgIpc) is 1.72. The topological polar surface area (TPSA) is 172 Å². The minimum atomic E-state index is -1.32. The number of aliphatic hydroxyl groups is 2. The fraction of sp³-hybridized carbons (Fsp3) is 0.184. The smallest absolute Gasteiger partial charge is 0.123 e. The zero-order valence-electron chi connectivity index (χ0n) is 62.8. The van der Waals surface area contributed by atoms with Crippen molar-refractivity contribution in [3.8, 4) is 22.3 Å². The number of H-pyrrole nitrogens is 2. The molecule has 0 amide bonds. The highest BCUT2D eigenvalue weighted by atomic mass is 19.1. The third kappa shape index (κ3) is 20.0. The summed E-state index contributed by atoms with van der Waals surface area (Å²) in [4.78, 5) is 19.2. The van der Waals surface area contributed by atoms with Gasteiger partial charge in [0.25, 0.3) is 0 Å². The predicted octanol–water partition coefficient (Wildman–Crippen LogP) is 20.3.